The molecule has 2 atom stereocenters. The standard InChI is InChI=1S/C51H34N2O/c1-3-15-31(16-4-1)40-29-33-19-7-8-20-35(33)46-45(40)38-28-27-34(30-43(38)51(46)41-24-12-9-21-36(41)37-22-10-13-25-42(37)51)50-52-47(32-17-5-2-6-18-32)49-48(53-50)39-23-11-14-26-44(39)54-49/h1-30,48,50,52-53H. The van der Waals surface area contributed by atoms with Gasteiger partial charge in [-0.25, -0.2) is 0 Å². The van der Waals surface area contributed by atoms with E-state index in [4.69, 9.17) is 4.74 Å². The zero-order valence-electron chi connectivity index (χ0n) is 29.4. The van der Waals surface area contributed by atoms with Crippen LogP contribution in [0, 0.1) is 0 Å². The molecular weight excluding hydrogens is 657 g/mol. The van der Waals surface area contributed by atoms with Gasteiger partial charge in [0.05, 0.1) is 17.2 Å². The summed E-state index contributed by atoms with van der Waals surface area (Å²) in [6.07, 6.45) is -0.174. The molecule has 254 valence electrons. The van der Waals surface area contributed by atoms with Gasteiger partial charge in [-0.1, -0.05) is 170 Å². The highest BCUT2D eigenvalue weighted by Gasteiger charge is 2.53. The van der Waals surface area contributed by atoms with Crippen molar-refractivity contribution >= 4 is 16.5 Å². The molecule has 2 unspecified atom stereocenters. The molecule has 2 heterocycles. The van der Waals surface area contributed by atoms with Crippen LogP contribution in [-0.2, 0) is 5.41 Å². The molecule has 2 N–H and O–H groups in total. The van der Waals surface area contributed by atoms with Gasteiger partial charge in [0.2, 0.25) is 0 Å². The summed E-state index contributed by atoms with van der Waals surface area (Å²) in [5.74, 6) is 1.82. The fourth-order valence-electron chi connectivity index (χ4n) is 9.99. The van der Waals surface area contributed by atoms with Gasteiger partial charge >= 0.3 is 0 Å². The highest BCUT2D eigenvalue weighted by Crippen LogP contribution is 2.65. The molecule has 12 rings (SSSR count). The Kier molecular flexibility index (Phi) is 6.17. The summed E-state index contributed by atoms with van der Waals surface area (Å²) in [5.41, 5.74) is 17.1. The summed E-state index contributed by atoms with van der Waals surface area (Å²) >= 11 is 0. The monoisotopic (exact) mass is 690 g/mol. The lowest BCUT2D eigenvalue weighted by Gasteiger charge is -2.35. The Morgan fingerprint density at radius 1 is 0.500 bits per heavy atom. The fourth-order valence-corrected chi connectivity index (χ4v) is 9.99. The Morgan fingerprint density at radius 2 is 1.15 bits per heavy atom. The molecule has 3 heteroatoms. The van der Waals surface area contributed by atoms with Gasteiger partial charge in [0.25, 0.3) is 0 Å². The minimum Gasteiger partial charge on any atom is -0.457 e. The van der Waals surface area contributed by atoms with Crippen molar-refractivity contribution in [1.82, 2.24) is 10.6 Å². The summed E-state index contributed by atoms with van der Waals surface area (Å²) in [5, 5.41) is 10.5. The Balaban J connectivity index is 1.15. The van der Waals surface area contributed by atoms with E-state index < -0.39 is 5.41 Å². The van der Waals surface area contributed by atoms with Crippen molar-refractivity contribution in [3.8, 4) is 39.1 Å². The van der Waals surface area contributed by atoms with E-state index in [0.29, 0.717) is 0 Å². The quantitative estimate of drug-likeness (QED) is 0.194. The summed E-state index contributed by atoms with van der Waals surface area (Å²) < 4.78 is 6.58. The van der Waals surface area contributed by atoms with Crippen molar-refractivity contribution < 1.29 is 4.74 Å². The van der Waals surface area contributed by atoms with Gasteiger partial charge in [-0.2, -0.15) is 0 Å². The number of fused-ring (bicyclic) bond motifs is 15. The van der Waals surface area contributed by atoms with Crippen LogP contribution >= 0.6 is 0 Å². The third-order valence-electron chi connectivity index (χ3n) is 12.2. The average molecular weight is 691 g/mol. The molecule has 8 aromatic rings. The lowest BCUT2D eigenvalue weighted by molar-refractivity contribution is 0.348. The molecule has 2 aliphatic carbocycles. The molecule has 2 aliphatic heterocycles. The van der Waals surface area contributed by atoms with E-state index in [1.54, 1.807) is 0 Å². The molecule has 8 aromatic carbocycles. The second-order valence-electron chi connectivity index (χ2n) is 14.8. The first-order valence-electron chi connectivity index (χ1n) is 18.8. The zero-order chi connectivity index (χ0) is 35.4. The van der Waals surface area contributed by atoms with Crippen LogP contribution in [0.1, 0.15) is 51.2 Å². The van der Waals surface area contributed by atoms with E-state index in [0.717, 1.165) is 28.3 Å². The number of hydrogen-bond acceptors (Lipinski definition) is 3. The Morgan fingerprint density at radius 3 is 1.93 bits per heavy atom. The van der Waals surface area contributed by atoms with Crippen molar-refractivity contribution in [3.63, 3.8) is 0 Å². The Hall–Kier alpha value is -6.68. The first-order valence-corrected chi connectivity index (χ1v) is 18.8. The van der Waals surface area contributed by atoms with E-state index >= 15 is 0 Å². The number of hydrogen-bond donors (Lipinski definition) is 2. The zero-order valence-corrected chi connectivity index (χ0v) is 29.4. The fraction of sp³-hybridized carbons (Fsp3) is 0.0588. The number of ether oxygens (including phenoxy) is 1. The van der Waals surface area contributed by atoms with E-state index in [1.807, 2.05) is 6.07 Å². The molecule has 0 radical (unpaired) electrons. The lowest BCUT2D eigenvalue weighted by atomic mass is 9.69. The number of rotatable bonds is 3. The van der Waals surface area contributed by atoms with Crippen LogP contribution in [-0.4, -0.2) is 0 Å². The normalized spacial score (nSPS) is 17.9. The third kappa shape index (κ3) is 3.94. The van der Waals surface area contributed by atoms with Crippen molar-refractivity contribution in [2.24, 2.45) is 0 Å². The molecule has 0 fully saturated rings. The maximum absolute atomic E-state index is 6.58. The molecule has 1 spiro atoms. The van der Waals surface area contributed by atoms with Crippen LogP contribution in [0.3, 0.4) is 0 Å². The Labute approximate surface area is 314 Å². The molecule has 0 saturated carbocycles. The van der Waals surface area contributed by atoms with Gasteiger partial charge in [0, 0.05) is 11.1 Å². The molecule has 3 nitrogen and oxygen atoms in total. The van der Waals surface area contributed by atoms with Crippen LogP contribution in [0.4, 0.5) is 0 Å². The maximum Gasteiger partial charge on any atom is 0.149 e. The molecule has 0 bridgehead atoms. The van der Waals surface area contributed by atoms with Crippen molar-refractivity contribution in [2.75, 3.05) is 0 Å². The average Bonchev–Trinajstić information content (AvgIpc) is 3.88. The molecule has 0 saturated heterocycles. The van der Waals surface area contributed by atoms with Gasteiger partial charge in [0.1, 0.15) is 17.7 Å². The van der Waals surface area contributed by atoms with Crippen LogP contribution in [0.2, 0.25) is 0 Å². The Bertz CT molecular complexity index is 2830. The molecular formula is C51H34N2O. The van der Waals surface area contributed by atoms with Crippen LogP contribution < -0.4 is 15.4 Å². The van der Waals surface area contributed by atoms with Gasteiger partial charge < -0.3 is 10.1 Å². The first kappa shape index (κ1) is 29.9. The van der Waals surface area contributed by atoms with E-state index in [9.17, 15) is 0 Å². The summed E-state index contributed by atoms with van der Waals surface area (Å²) in [6.45, 7) is 0. The van der Waals surface area contributed by atoms with Gasteiger partial charge in [0.15, 0.2) is 0 Å². The highest BCUT2D eigenvalue weighted by atomic mass is 16.5. The van der Waals surface area contributed by atoms with Gasteiger partial charge in [-0.05, 0) is 84.1 Å². The molecule has 54 heavy (non-hydrogen) atoms. The van der Waals surface area contributed by atoms with Gasteiger partial charge in [-0.3, -0.25) is 5.32 Å². The lowest BCUT2D eigenvalue weighted by Crippen LogP contribution is -2.41. The number of benzene rings is 8. The SMILES string of the molecule is c1ccc(C2=C3Oc4ccccc4C3NC(c3ccc4c(c3)C3(c5ccccc5-c5ccccc53)c3c-4c(-c4ccccc4)cc4ccccc34)N2)cc1. The predicted octanol–water partition coefficient (Wildman–Crippen LogP) is 11.5. The second kappa shape index (κ2) is 11.2. The molecule has 4 aliphatic rings. The summed E-state index contributed by atoms with van der Waals surface area (Å²) in [4.78, 5) is 0. The molecule has 0 amide bonds. The summed E-state index contributed by atoms with van der Waals surface area (Å²) in [6, 6.07) is 66.7. The largest absolute Gasteiger partial charge is 0.457 e. The van der Waals surface area contributed by atoms with Crippen LogP contribution in [0.25, 0.3) is 49.9 Å². The first-order chi connectivity index (χ1) is 26.8. The third-order valence-corrected chi connectivity index (χ3v) is 12.2. The summed E-state index contributed by atoms with van der Waals surface area (Å²) in [7, 11) is 0. The second-order valence-corrected chi connectivity index (χ2v) is 14.8. The number of para-hydroxylation sites is 1. The smallest absolute Gasteiger partial charge is 0.149 e. The highest BCUT2D eigenvalue weighted by molar-refractivity contribution is 6.09. The molecule has 0 aromatic heterocycles. The minimum absolute atomic E-state index is 0.0800. The van der Waals surface area contributed by atoms with Gasteiger partial charge in [-0.15, -0.1) is 0 Å². The van der Waals surface area contributed by atoms with Crippen LogP contribution in [0.5, 0.6) is 5.75 Å². The van der Waals surface area contributed by atoms with Crippen LogP contribution in [0.15, 0.2) is 188 Å². The maximum atomic E-state index is 6.58. The van der Waals surface area contributed by atoms with E-state index in [1.165, 1.54) is 72.0 Å². The van der Waals surface area contributed by atoms with Crippen molar-refractivity contribution in [3.05, 3.63) is 227 Å². The van der Waals surface area contributed by atoms with E-state index in [-0.39, 0.29) is 12.2 Å². The van der Waals surface area contributed by atoms with Crippen molar-refractivity contribution in [2.45, 2.75) is 17.6 Å². The minimum atomic E-state index is -0.515. The topological polar surface area (TPSA) is 33.3 Å². The number of nitrogens with one attached hydrogen (secondary N) is 2. The van der Waals surface area contributed by atoms with Crippen molar-refractivity contribution in [1.29, 1.82) is 0 Å². The predicted molar refractivity (Wildman–Crippen MR) is 218 cm³/mol. The van der Waals surface area contributed by atoms with E-state index in [2.05, 4.69) is 187 Å².